The molecule has 2 aliphatic rings. The van der Waals surface area contributed by atoms with E-state index < -0.39 is 23.3 Å². The van der Waals surface area contributed by atoms with Crippen molar-refractivity contribution in [3.63, 3.8) is 0 Å². The Balaban J connectivity index is 1.60. The van der Waals surface area contributed by atoms with E-state index in [1.807, 2.05) is 11.8 Å². The predicted octanol–water partition coefficient (Wildman–Crippen LogP) is 3.64. The summed E-state index contributed by atoms with van der Waals surface area (Å²) in [5.74, 6) is -0.783. The van der Waals surface area contributed by atoms with Gasteiger partial charge in [0, 0.05) is 31.2 Å². The SMILES string of the molecule is COc1c(N2CCC(C(O)c3ccc(C)o3)C2)c(F)cc2c(=O)c(C(=O)O)cn(C3CC3)c12. The monoisotopic (exact) mass is 456 g/mol. The summed E-state index contributed by atoms with van der Waals surface area (Å²) >= 11 is 0. The molecule has 5 rings (SSSR count). The number of carboxylic acid groups (broad SMARTS) is 1. The van der Waals surface area contributed by atoms with Crippen LogP contribution in [0.2, 0.25) is 0 Å². The first-order chi connectivity index (χ1) is 15.8. The van der Waals surface area contributed by atoms with E-state index in [0.29, 0.717) is 36.5 Å². The standard InChI is InChI=1S/C24H25FN2O6/c1-12-3-6-18(33-12)21(28)13-7-8-26(10-13)20-17(25)9-15-19(23(20)32-2)27(14-4-5-14)11-16(22(15)29)24(30)31/h3,6,9,11,13-14,21,28H,4-5,7-8,10H2,1-2H3,(H,30,31). The number of pyridine rings is 1. The molecule has 2 atom stereocenters. The van der Waals surface area contributed by atoms with Crippen LogP contribution in [-0.4, -0.2) is 40.9 Å². The van der Waals surface area contributed by atoms with Gasteiger partial charge in [0.1, 0.15) is 28.9 Å². The van der Waals surface area contributed by atoms with Crippen LogP contribution in [0.3, 0.4) is 0 Å². The fourth-order valence-corrected chi connectivity index (χ4v) is 4.82. The van der Waals surface area contributed by atoms with Crippen molar-refractivity contribution in [2.45, 2.75) is 38.3 Å². The molecule has 174 valence electrons. The number of benzene rings is 1. The number of hydrogen-bond donors (Lipinski definition) is 2. The van der Waals surface area contributed by atoms with E-state index in [0.717, 1.165) is 18.9 Å². The normalized spacial score (nSPS) is 19.3. The van der Waals surface area contributed by atoms with Crippen LogP contribution in [0.25, 0.3) is 10.9 Å². The van der Waals surface area contributed by atoms with Gasteiger partial charge in [-0.3, -0.25) is 4.79 Å². The highest BCUT2D eigenvalue weighted by Crippen LogP contribution is 2.45. The van der Waals surface area contributed by atoms with E-state index in [1.165, 1.54) is 13.3 Å². The van der Waals surface area contributed by atoms with E-state index in [-0.39, 0.29) is 34.3 Å². The summed E-state index contributed by atoms with van der Waals surface area (Å²) in [5.41, 5.74) is -0.507. The fraction of sp³-hybridized carbons (Fsp3) is 0.417. The van der Waals surface area contributed by atoms with Gasteiger partial charge < -0.3 is 28.8 Å². The number of hydrogen-bond acceptors (Lipinski definition) is 6. The number of halogens is 1. The van der Waals surface area contributed by atoms with Gasteiger partial charge in [0.2, 0.25) is 5.43 Å². The number of nitrogens with zero attached hydrogens (tertiary/aromatic N) is 2. The summed E-state index contributed by atoms with van der Waals surface area (Å²) in [6.45, 7) is 2.67. The van der Waals surface area contributed by atoms with Gasteiger partial charge in [-0.05, 0) is 44.4 Å². The Labute approximate surface area is 188 Å². The Morgan fingerprint density at radius 1 is 1.30 bits per heavy atom. The molecule has 2 fully saturated rings. The van der Waals surface area contributed by atoms with E-state index in [2.05, 4.69) is 0 Å². The van der Waals surface area contributed by atoms with Gasteiger partial charge in [-0.2, -0.15) is 0 Å². The van der Waals surface area contributed by atoms with Crippen LogP contribution in [0.5, 0.6) is 5.75 Å². The highest BCUT2D eigenvalue weighted by Gasteiger charge is 2.36. The van der Waals surface area contributed by atoms with Gasteiger partial charge in [0.15, 0.2) is 11.6 Å². The van der Waals surface area contributed by atoms with Crippen LogP contribution in [-0.2, 0) is 0 Å². The van der Waals surface area contributed by atoms with E-state index in [9.17, 15) is 19.8 Å². The molecule has 8 nitrogen and oxygen atoms in total. The zero-order valence-electron chi connectivity index (χ0n) is 18.4. The third-order valence-electron chi connectivity index (χ3n) is 6.61. The summed E-state index contributed by atoms with van der Waals surface area (Å²) in [6.07, 6.45) is 2.82. The maximum absolute atomic E-state index is 15.4. The Hall–Kier alpha value is -3.33. The smallest absolute Gasteiger partial charge is 0.341 e. The van der Waals surface area contributed by atoms with Crippen molar-refractivity contribution < 1.29 is 28.6 Å². The van der Waals surface area contributed by atoms with Crippen molar-refractivity contribution in [1.82, 2.24) is 4.57 Å². The van der Waals surface area contributed by atoms with Crippen LogP contribution in [0.1, 0.15) is 53.3 Å². The molecule has 0 spiro atoms. The number of anilines is 1. The molecule has 0 radical (unpaired) electrons. The lowest BCUT2D eigenvalue weighted by Gasteiger charge is -2.25. The first-order valence-corrected chi connectivity index (χ1v) is 11.0. The van der Waals surface area contributed by atoms with Crippen molar-refractivity contribution in [3.8, 4) is 5.75 Å². The molecule has 1 saturated heterocycles. The number of aryl methyl sites for hydroxylation is 1. The van der Waals surface area contributed by atoms with E-state index in [4.69, 9.17) is 9.15 Å². The maximum atomic E-state index is 15.4. The first-order valence-electron chi connectivity index (χ1n) is 11.0. The minimum Gasteiger partial charge on any atom is -0.492 e. The minimum absolute atomic E-state index is 0.0123. The molecule has 1 aliphatic heterocycles. The number of carbonyl (C=O) groups is 1. The molecule has 1 saturated carbocycles. The molecule has 1 aliphatic carbocycles. The van der Waals surface area contributed by atoms with Gasteiger partial charge in [0.05, 0.1) is 18.0 Å². The number of ether oxygens (including phenoxy) is 1. The Bertz CT molecular complexity index is 1310. The molecule has 0 bridgehead atoms. The Morgan fingerprint density at radius 2 is 2.06 bits per heavy atom. The molecular weight excluding hydrogens is 431 g/mol. The predicted molar refractivity (Wildman–Crippen MR) is 119 cm³/mol. The van der Waals surface area contributed by atoms with Gasteiger partial charge in [-0.25, -0.2) is 9.18 Å². The topological polar surface area (TPSA) is 105 Å². The molecule has 0 amide bonds. The van der Waals surface area contributed by atoms with Crippen molar-refractivity contribution in [2.75, 3.05) is 25.1 Å². The number of aliphatic hydroxyl groups excluding tert-OH is 1. The highest BCUT2D eigenvalue weighted by atomic mass is 19.1. The van der Waals surface area contributed by atoms with Crippen LogP contribution >= 0.6 is 0 Å². The second-order valence-corrected chi connectivity index (χ2v) is 8.84. The third kappa shape index (κ3) is 3.56. The molecule has 3 heterocycles. The second-order valence-electron chi connectivity index (χ2n) is 8.84. The molecule has 2 aromatic heterocycles. The van der Waals surface area contributed by atoms with Crippen molar-refractivity contribution in [3.05, 3.63) is 57.5 Å². The van der Waals surface area contributed by atoms with E-state index >= 15 is 4.39 Å². The summed E-state index contributed by atoms with van der Waals surface area (Å²) in [5, 5.41) is 20.2. The summed E-state index contributed by atoms with van der Waals surface area (Å²) in [4.78, 5) is 26.3. The quantitative estimate of drug-likeness (QED) is 0.583. The maximum Gasteiger partial charge on any atom is 0.341 e. The lowest BCUT2D eigenvalue weighted by molar-refractivity contribution is 0.0694. The van der Waals surface area contributed by atoms with Gasteiger partial charge in [-0.15, -0.1) is 0 Å². The van der Waals surface area contributed by atoms with Crippen molar-refractivity contribution in [1.29, 1.82) is 0 Å². The molecule has 2 N–H and O–H groups in total. The zero-order chi connectivity index (χ0) is 23.4. The number of carboxylic acids is 1. The molecule has 1 aromatic carbocycles. The lowest BCUT2D eigenvalue weighted by Crippen LogP contribution is -2.25. The number of furan rings is 1. The van der Waals surface area contributed by atoms with Crippen LogP contribution in [0.15, 0.2) is 33.6 Å². The van der Waals surface area contributed by atoms with Gasteiger partial charge in [-0.1, -0.05) is 0 Å². The van der Waals surface area contributed by atoms with Crippen molar-refractivity contribution >= 4 is 22.6 Å². The number of aromatic nitrogens is 1. The Kier molecular flexibility index (Phi) is 5.16. The molecule has 33 heavy (non-hydrogen) atoms. The average Bonchev–Trinajstić information content (AvgIpc) is 3.35. The number of aromatic carboxylic acids is 1. The number of aliphatic hydroxyl groups is 1. The number of methoxy groups -OCH3 is 1. The van der Waals surface area contributed by atoms with Gasteiger partial charge >= 0.3 is 5.97 Å². The van der Waals surface area contributed by atoms with Crippen LogP contribution < -0.4 is 15.1 Å². The zero-order valence-corrected chi connectivity index (χ0v) is 18.4. The number of fused-ring (bicyclic) bond motifs is 1. The first kappa shape index (κ1) is 21.5. The second kappa shape index (κ2) is 7.91. The fourth-order valence-electron chi connectivity index (χ4n) is 4.82. The molecular formula is C24H25FN2O6. The largest absolute Gasteiger partial charge is 0.492 e. The molecule has 3 aromatic rings. The minimum atomic E-state index is -1.34. The average molecular weight is 456 g/mol. The molecule has 2 unspecified atom stereocenters. The number of rotatable bonds is 6. The van der Waals surface area contributed by atoms with Crippen LogP contribution in [0.4, 0.5) is 10.1 Å². The van der Waals surface area contributed by atoms with Crippen molar-refractivity contribution in [2.24, 2.45) is 5.92 Å². The molecule has 9 heteroatoms. The van der Waals surface area contributed by atoms with Gasteiger partial charge in [0.25, 0.3) is 0 Å². The third-order valence-corrected chi connectivity index (χ3v) is 6.61. The Morgan fingerprint density at radius 3 is 2.67 bits per heavy atom. The van der Waals surface area contributed by atoms with E-state index in [1.54, 1.807) is 16.7 Å². The summed E-state index contributed by atoms with van der Waals surface area (Å²) in [7, 11) is 1.42. The summed E-state index contributed by atoms with van der Waals surface area (Å²) < 4.78 is 28.4. The highest BCUT2D eigenvalue weighted by molar-refractivity contribution is 5.97. The van der Waals surface area contributed by atoms with Crippen LogP contribution in [0, 0.1) is 18.7 Å². The lowest BCUT2D eigenvalue weighted by atomic mass is 10.00. The summed E-state index contributed by atoms with van der Waals surface area (Å²) in [6, 6.07) is 4.68.